The van der Waals surface area contributed by atoms with Crippen LogP contribution >= 0.6 is 0 Å². The Kier molecular flexibility index (Phi) is 2.25. The van der Waals surface area contributed by atoms with Crippen molar-refractivity contribution in [1.82, 2.24) is 9.88 Å². The number of fused-ring (bicyclic) bond motifs is 1. The monoisotopic (exact) mass is 226 g/mol. The summed E-state index contributed by atoms with van der Waals surface area (Å²) in [5.74, 6) is 0.359. The molecule has 3 heteroatoms. The Hall–Kier alpha value is -2.03. The first-order valence-electron chi connectivity index (χ1n) is 5.75. The molecule has 2 aromatic rings. The van der Waals surface area contributed by atoms with Gasteiger partial charge in [0.1, 0.15) is 0 Å². The van der Waals surface area contributed by atoms with Crippen molar-refractivity contribution in [1.29, 1.82) is 0 Å². The van der Waals surface area contributed by atoms with E-state index in [4.69, 9.17) is 0 Å². The number of rotatable bonds is 1. The Morgan fingerprint density at radius 2 is 2.18 bits per heavy atom. The molecule has 0 aliphatic carbocycles. The average Bonchev–Trinajstić information content (AvgIpc) is 2.76. The molecule has 0 spiro atoms. The van der Waals surface area contributed by atoms with Crippen LogP contribution in [0.2, 0.25) is 0 Å². The molecule has 1 atom stereocenters. The highest BCUT2D eigenvalue weighted by Gasteiger charge is 2.22. The van der Waals surface area contributed by atoms with Crippen molar-refractivity contribution < 1.29 is 4.79 Å². The predicted octanol–water partition coefficient (Wildman–Crippen LogP) is 2.63. The van der Waals surface area contributed by atoms with Crippen molar-refractivity contribution in [2.75, 3.05) is 7.05 Å². The fourth-order valence-electron chi connectivity index (χ4n) is 2.33. The summed E-state index contributed by atoms with van der Waals surface area (Å²) < 4.78 is 0. The van der Waals surface area contributed by atoms with Crippen LogP contribution in [0.4, 0.5) is 0 Å². The zero-order chi connectivity index (χ0) is 11.8. The van der Waals surface area contributed by atoms with Gasteiger partial charge >= 0.3 is 0 Å². The number of carbonyl (C=O) groups is 1. The Balaban J connectivity index is 2.05. The largest absolute Gasteiger partial charge is 0.361 e. The third-order valence-corrected chi connectivity index (χ3v) is 3.35. The maximum Gasteiger partial charge on any atom is 0.227 e. The molecule has 0 fully saturated rings. The third-order valence-electron chi connectivity index (χ3n) is 3.35. The van der Waals surface area contributed by atoms with Gasteiger partial charge < -0.3 is 9.88 Å². The van der Waals surface area contributed by atoms with E-state index in [1.807, 2.05) is 24.5 Å². The van der Waals surface area contributed by atoms with Gasteiger partial charge in [-0.25, -0.2) is 0 Å². The van der Waals surface area contributed by atoms with Crippen LogP contribution in [0, 0.1) is 0 Å². The van der Waals surface area contributed by atoms with Crippen molar-refractivity contribution in [3.05, 3.63) is 48.3 Å². The predicted molar refractivity (Wildman–Crippen MR) is 67.6 cm³/mol. The third kappa shape index (κ3) is 1.64. The number of carbonyl (C=O) groups excluding carboxylic acids is 1. The first-order valence-corrected chi connectivity index (χ1v) is 5.75. The molecule has 0 saturated carbocycles. The summed E-state index contributed by atoms with van der Waals surface area (Å²) in [4.78, 5) is 16.6. The molecule has 2 heterocycles. The highest BCUT2D eigenvalue weighted by molar-refractivity contribution is 5.86. The van der Waals surface area contributed by atoms with E-state index in [1.54, 1.807) is 11.9 Å². The lowest BCUT2D eigenvalue weighted by Crippen LogP contribution is -2.26. The molecule has 0 bridgehead atoms. The number of nitrogens with zero attached hydrogens (tertiary/aromatic N) is 1. The number of nitrogens with one attached hydrogen (secondary N) is 1. The second kappa shape index (κ2) is 3.77. The number of para-hydroxylation sites is 1. The molecule has 0 radical (unpaired) electrons. The number of allylic oxidation sites excluding steroid dienone is 1. The van der Waals surface area contributed by atoms with Gasteiger partial charge in [0.15, 0.2) is 0 Å². The van der Waals surface area contributed by atoms with Gasteiger partial charge in [-0.2, -0.15) is 0 Å². The molecule has 1 N–H and O–H groups in total. The van der Waals surface area contributed by atoms with E-state index in [1.165, 1.54) is 10.9 Å². The molecule has 1 amide bonds. The summed E-state index contributed by atoms with van der Waals surface area (Å²) in [7, 11) is 1.80. The Bertz CT molecular complexity index is 597. The van der Waals surface area contributed by atoms with Crippen LogP contribution in [0.3, 0.4) is 0 Å². The van der Waals surface area contributed by atoms with E-state index in [-0.39, 0.29) is 11.8 Å². The molecule has 1 aromatic heterocycles. The molecule has 3 nitrogen and oxygen atoms in total. The Morgan fingerprint density at radius 1 is 1.35 bits per heavy atom. The van der Waals surface area contributed by atoms with Crippen LogP contribution in [0.5, 0.6) is 0 Å². The Labute approximate surface area is 99.7 Å². The van der Waals surface area contributed by atoms with Gasteiger partial charge in [0.25, 0.3) is 0 Å². The van der Waals surface area contributed by atoms with Crippen LogP contribution < -0.4 is 0 Å². The van der Waals surface area contributed by atoms with Crippen molar-refractivity contribution in [3.8, 4) is 0 Å². The van der Waals surface area contributed by atoms with Gasteiger partial charge in [-0.05, 0) is 11.6 Å². The van der Waals surface area contributed by atoms with E-state index in [0.717, 1.165) is 5.52 Å². The molecule has 1 aliphatic heterocycles. The molecular formula is C14H14N2O. The summed E-state index contributed by atoms with van der Waals surface area (Å²) in [6, 6.07) is 8.19. The molecular weight excluding hydrogens is 212 g/mol. The molecule has 17 heavy (non-hydrogen) atoms. The SMILES string of the molecule is CN1C=CC(c2c[nH]c3ccccc23)CC1=O. The van der Waals surface area contributed by atoms with Crippen molar-refractivity contribution in [3.63, 3.8) is 0 Å². The van der Waals surface area contributed by atoms with E-state index in [9.17, 15) is 4.79 Å². The van der Waals surface area contributed by atoms with Crippen LogP contribution in [0.1, 0.15) is 17.9 Å². The zero-order valence-corrected chi connectivity index (χ0v) is 9.68. The minimum atomic E-state index is 0.169. The topological polar surface area (TPSA) is 36.1 Å². The second-order valence-corrected chi connectivity index (χ2v) is 4.45. The second-order valence-electron chi connectivity index (χ2n) is 4.45. The van der Waals surface area contributed by atoms with E-state index in [2.05, 4.69) is 23.2 Å². The average molecular weight is 226 g/mol. The zero-order valence-electron chi connectivity index (χ0n) is 9.68. The van der Waals surface area contributed by atoms with Crippen LogP contribution in [-0.4, -0.2) is 22.8 Å². The normalized spacial score (nSPS) is 20.2. The number of aromatic nitrogens is 1. The van der Waals surface area contributed by atoms with Gasteiger partial charge in [0.05, 0.1) is 0 Å². The van der Waals surface area contributed by atoms with Gasteiger partial charge in [0, 0.05) is 42.7 Å². The lowest BCUT2D eigenvalue weighted by molar-refractivity contribution is -0.128. The molecule has 1 aliphatic rings. The number of amides is 1. The molecule has 3 rings (SSSR count). The summed E-state index contributed by atoms with van der Waals surface area (Å²) in [5.41, 5.74) is 2.33. The minimum Gasteiger partial charge on any atom is -0.361 e. The van der Waals surface area contributed by atoms with E-state index < -0.39 is 0 Å². The number of hydrogen-bond donors (Lipinski definition) is 1. The lowest BCUT2D eigenvalue weighted by atomic mass is 9.93. The molecule has 0 saturated heterocycles. The van der Waals surface area contributed by atoms with Gasteiger partial charge in [0.2, 0.25) is 5.91 Å². The molecule has 86 valence electrons. The number of aromatic amines is 1. The van der Waals surface area contributed by atoms with Crippen molar-refractivity contribution >= 4 is 16.8 Å². The molecule has 1 unspecified atom stereocenters. The lowest BCUT2D eigenvalue weighted by Gasteiger charge is -2.22. The molecule has 1 aromatic carbocycles. The fraction of sp³-hybridized carbons (Fsp3) is 0.214. The van der Waals surface area contributed by atoms with Gasteiger partial charge in [-0.15, -0.1) is 0 Å². The summed E-state index contributed by atoms with van der Waals surface area (Å²) in [5, 5.41) is 1.21. The van der Waals surface area contributed by atoms with Crippen LogP contribution in [0.15, 0.2) is 42.7 Å². The minimum absolute atomic E-state index is 0.169. The Morgan fingerprint density at radius 3 is 3.00 bits per heavy atom. The van der Waals surface area contributed by atoms with Crippen LogP contribution in [0.25, 0.3) is 10.9 Å². The maximum atomic E-state index is 11.7. The van der Waals surface area contributed by atoms with Crippen LogP contribution in [-0.2, 0) is 4.79 Å². The summed E-state index contributed by atoms with van der Waals surface area (Å²) in [6.07, 6.45) is 6.52. The van der Waals surface area contributed by atoms with Crippen molar-refractivity contribution in [2.45, 2.75) is 12.3 Å². The fourth-order valence-corrected chi connectivity index (χ4v) is 2.33. The summed E-state index contributed by atoms with van der Waals surface area (Å²) in [6.45, 7) is 0. The van der Waals surface area contributed by atoms with E-state index in [0.29, 0.717) is 6.42 Å². The quantitative estimate of drug-likeness (QED) is 0.797. The standard InChI is InChI=1S/C14H14N2O/c1-16-7-6-10(8-14(16)17)12-9-15-13-5-3-2-4-11(12)13/h2-7,9-10,15H,8H2,1H3. The van der Waals surface area contributed by atoms with Gasteiger partial charge in [-0.3, -0.25) is 4.79 Å². The number of hydrogen-bond acceptors (Lipinski definition) is 1. The first kappa shape index (κ1) is 10.1. The van der Waals surface area contributed by atoms with E-state index >= 15 is 0 Å². The highest BCUT2D eigenvalue weighted by Crippen LogP contribution is 2.31. The summed E-state index contributed by atoms with van der Waals surface area (Å²) >= 11 is 0. The van der Waals surface area contributed by atoms with Gasteiger partial charge in [-0.1, -0.05) is 24.3 Å². The first-order chi connectivity index (χ1) is 8.25. The number of benzene rings is 1. The highest BCUT2D eigenvalue weighted by atomic mass is 16.2. The smallest absolute Gasteiger partial charge is 0.227 e. The maximum absolute atomic E-state index is 11.7. The van der Waals surface area contributed by atoms with Crippen molar-refractivity contribution in [2.24, 2.45) is 0 Å². The number of H-pyrrole nitrogens is 1.